The molecule has 3 heterocycles. The highest BCUT2D eigenvalue weighted by molar-refractivity contribution is 5.86. The van der Waals surface area contributed by atoms with Gasteiger partial charge in [0.2, 0.25) is 11.8 Å². The predicted octanol–water partition coefficient (Wildman–Crippen LogP) is 0.497. The van der Waals surface area contributed by atoms with E-state index in [1.54, 1.807) is 11.1 Å². The zero-order valence-electron chi connectivity index (χ0n) is 14.1. The van der Waals surface area contributed by atoms with Crippen LogP contribution in [0.5, 0.6) is 0 Å². The Bertz CT molecular complexity index is 572. The molecule has 7 heteroatoms. The molecule has 1 spiro atoms. The van der Waals surface area contributed by atoms with Crippen molar-refractivity contribution in [3.8, 4) is 0 Å². The quantitative estimate of drug-likeness (QED) is 0.821. The normalized spacial score (nSPS) is 24.1. The Hall–Kier alpha value is -1.89. The van der Waals surface area contributed by atoms with E-state index in [1.165, 1.54) is 0 Å². The third-order valence-corrected chi connectivity index (χ3v) is 5.24. The van der Waals surface area contributed by atoms with Gasteiger partial charge in [-0.2, -0.15) is 5.10 Å². The van der Waals surface area contributed by atoms with E-state index in [1.807, 2.05) is 21.8 Å². The molecular weight excluding hydrogens is 308 g/mol. The Morgan fingerprint density at radius 2 is 2.17 bits per heavy atom. The van der Waals surface area contributed by atoms with Crippen LogP contribution >= 0.6 is 0 Å². The lowest BCUT2D eigenvalue weighted by molar-refractivity contribution is -0.146. The number of aryl methyl sites for hydroxylation is 1. The molecule has 0 aliphatic carbocycles. The molecule has 0 saturated carbocycles. The monoisotopic (exact) mass is 334 g/mol. The summed E-state index contributed by atoms with van der Waals surface area (Å²) in [7, 11) is 0. The van der Waals surface area contributed by atoms with Crippen LogP contribution in [0.1, 0.15) is 32.1 Å². The fourth-order valence-corrected chi connectivity index (χ4v) is 3.93. The third kappa shape index (κ3) is 3.45. The summed E-state index contributed by atoms with van der Waals surface area (Å²) >= 11 is 0. The maximum atomic E-state index is 12.7. The summed E-state index contributed by atoms with van der Waals surface area (Å²) in [6.07, 6.45) is 7.43. The first-order valence-corrected chi connectivity index (χ1v) is 8.80. The largest absolute Gasteiger partial charge is 0.395 e. The highest BCUT2D eigenvalue weighted by Crippen LogP contribution is 2.40. The van der Waals surface area contributed by atoms with Gasteiger partial charge in [0.05, 0.1) is 12.0 Å². The predicted molar refractivity (Wildman–Crippen MR) is 88.0 cm³/mol. The van der Waals surface area contributed by atoms with E-state index in [4.69, 9.17) is 5.11 Å². The van der Waals surface area contributed by atoms with Crippen LogP contribution in [0.3, 0.4) is 0 Å². The van der Waals surface area contributed by atoms with Gasteiger partial charge in [0, 0.05) is 51.5 Å². The lowest BCUT2D eigenvalue weighted by Gasteiger charge is -2.39. The van der Waals surface area contributed by atoms with Gasteiger partial charge in [-0.25, -0.2) is 0 Å². The number of nitrogens with zero attached hydrogens (tertiary/aromatic N) is 4. The zero-order valence-corrected chi connectivity index (χ0v) is 14.1. The van der Waals surface area contributed by atoms with Gasteiger partial charge in [-0.3, -0.25) is 14.3 Å². The van der Waals surface area contributed by atoms with Crippen molar-refractivity contribution in [1.82, 2.24) is 19.6 Å². The van der Waals surface area contributed by atoms with Crippen LogP contribution in [-0.2, 0) is 16.1 Å². The number of hydrogen-bond donors (Lipinski definition) is 1. The Balaban J connectivity index is 1.52. The minimum Gasteiger partial charge on any atom is -0.395 e. The maximum Gasteiger partial charge on any atom is 0.230 e. The number of likely N-dealkylation sites (tertiary alicyclic amines) is 2. The molecule has 0 aromatic carbocycles. The van der Waals surface area contributed by atoms with Gasteiger partial charge in [0.15, 0.2) is 0 Å². The van der Waals surface area contributed by atoms with E-state index in [0.717, 1.165) is 38.8 Å². The topological polar surface area (TPSA) is 78.7 Å². The summed E-state index contributed by atoms with van der Waals surface area (Å²) < 4.78 is 1.83. The summed E-state index contributed by atoms with van der Waals surface area (Å²) in [5.41, 5.74) is -0.412. The van der Waals surface area contributed by atoms with Crippen LogP contribution in [0, 0.1) is 5.41 Å². The number of rotatable bonds is 6. The van der Waals surface area contributed by atoms with Crippen molar-refractivity contribution in [3.05, 3.63) is 18.5 Å². The van der Waals surface area contributed by atoms with E-state index in [2.05, 4.69) is 5.10 Å². The molecule has 2 aliphatic rings. The molecule has 7 nitrogen and oxygen atoms in total. The molecule has 1 atom stereocenters. The van der Waals surface area contributed by atoms with E-state index in [9.17, 15) is 9.59 Å². The first kappa shape index (κ1) is 17.0. The number of β-amino-alcohol motifs (C(OH)–C–C–N with tert-alkyl or cyclic N) is 1. The number of piperidine rings is 1. The zero-order chi connectivity index (χ0) is 17.0. The number of carbonyl (C=O) groups excluding carboxylic acids is 2. The highest BCUT2D eigenvalue weighted by Gasteiger charge is 2.48. The highest BCUT2D eigenvalue weighted by atomic mass is 16.3. The summed E-state index contributed by atoms with van der Waals surface area (Å²) in [5, 5.41) is 13.3. The fourth-order valence-electron chi connectivity index (χ4n) is 3.93. The standard InChI is InChI=1S/C17H26N4O3/c22-13-12-19-8-2-5-17(16(19)24)6-11-20(14-17)15(23)4-1-9-21-10-3-7-18-21/h3,7,10,22H,1-2,4-6,8-9,11-14H2/t17-/m0/s1. The number of aromatic nitrogens is 2. The van der Waals surface area contributed by atoms with Crippen molar-refractivity contribution in [3.63, 3.8) is 0 Å². The summed E-state index contributed by atoms with van der Waals surface area (Å²) in [5.74, 6) is 0.251. The number of aliphatic hydroxyl groups is 1. The molecule has 2 fully saturated rings. The Kier molecular flexibility index (Phi) is 5.18. The molecule has 2 amide bonds. The van der Waals surface area contributed by atoms with E-state index in [-0.39, 0.29) is 18.4 Å². The van der Waals surface area contributed by atoms with Crippen LogP contribution in [0.15, 0.2) is 18.5 Å². The molecular formula is C17H26N4O3. The molecule has 0 unspecified atom stereocenters. The molecule has 1 aromatic rings. The minimum atomic E-state index is -0.412. The lowest BCUT2D eigenvalue weighted by atomic mass is 9.78. The van der Waals surface area contributed by atoms with Gasteiger partial charge in [-0.1, -0.05) is 0 Å². The van der Waals surface area contributed by atoms with Crippen molar-refractivity contribution in [2.75, 3.05) is 32.8 Å². The smallest absolute Gasteiger partial charge is 0.230 e. The second-order valence-electron chi connectivity index (χ2n) is 6.84. The second kappa shape index (κ2) is 7.34. The first-order chi connectivity index (χ1) is 11.6. The van der Waals surface area contributed by atoms with Crippen LogP contribution in [-0.4, -0.2) is 69.3 Å². The molecule has 24 heavy (non-hydrogen) atoms. The van der Waals surface area contributed by atoms with E-state index in [0.29, 0.717) is 26.1 Å². The number of amides is 2. The molecule has 1 N–H and O–H groups in total. The molecule has 2 aliphatic heterocycles. The number of carbonyl (C=O) groups is 2. The number of hydrogen-bond acceptors (Lipinski definition) is 4. The van der Waals surface area contributed by atoms with Crippen LogP contribution in [0.4, 0.5) is 0 Å². The van der Waals surface area contributed by atoms with Crippen LogP contribution < -0.4 is 0 Å². The van der Waals surface area contributed by atoms with Crippen molar-refractivity contribution in [1.29, 1.82) is 0 Å². The molecule has 1 aromatic heterocycles. The molecule has 2 saturated heterocycles. The SMILES string of the molecule is O=C(CCCn1cccn1)N1CC[C@@]2(CCCN(CCO)C2=O)C1. The van der Waals surface area contributed by atoms with E-state index < -0.39 is 5.41 Å². The lowest BCUT2D eigenvalue weighted by Crippen LogP contribution is -2.51. The van der Waals surface area contributed by atoms with Crippen molar-refractivity contribution < 1.29 is 14.7 Å². The van der Waals surface area contributed by atoms with Gasteiger partial charge in [0.1, 0.15) is 0 Å². The average molecular weight is 334 g/mol. The first-order valence-electron chi connectivity index (χ1n) is 8.80. The Morgan fingerprint density at radius 1 is 1.29 bits per heavy atom. The fraction of sp³-hybridized carbons (Fsp3) is 0.706. The number of aliphatic hydroxyl groups excluding tert-OH is 1. The summed E-state index contributed by atoms with van der Waals surface area (Å²) in [6.45, 7) is 3.06. The van der Waals surface area contributed by atoms with Gasteiger partial charge < -0.3 is 14.9 Å². The summed E-state index contributed by atoms with van der Waals surface area (Å²) in [6, 6.07) is 1.87. The van der Waals surface area contributed by atoms with Crippen molar-refractivity contribution in [2.24, 2.45) is 5.41 Å². The average Bonchev–Trinajstić information content (AvgIpc) is 3.23. The minimum absolute atomic E-state index is 0.00209. The second-order valence-corrected chi connectivity index (χ2v) is 6.84. The summed E-state index contributed by atoms with van der Waals surface area (Å²) in [4.78, 5) is 28.8. The van der Waals surface area contributed by atoms with Gasteiger partial charge in [0.25, 0.3) is 0 Å². The van der Waals surface area contributed by atoms with Gasteiger partial charge in [-0.15, -0.1) is 0 Å². The molecule has 0 radical (unpaired) electrons. The van der Waals surface area contributed by atoms with Crippen molar-refractivity contribution >= 4 is 11.8 Å². The van der Waals surface area contributed by atoms with Crippen molar-refractivity contribution in [2.45, 2.75) is 38.6 Å². The molecule has 0 bridgehead atoms. The molecule has 132 valence electrons. The Labute approximate surface area is 142 Å². The molecule has 3 rings (SSSR count). The van der Waals surface area contributed by atoms with Gasteiger partial charge in [-0.05, 0) is 31.7 Å². The third-order valence-electron chi connectivity index (χ3n) is 5.24. The Morgan fingerprint density at radius 3 is 2.92 bits per heavy atom. The maximum absolute atomic E-state index is 12.7. The van der Waals surface area contributed by atoms with Gasteiger partial charge >= 0.3 is 0 Å². The van der Waals surface area contributed by atoms with Crippen LogP contribution in [0.2, 0.25) is 0 Å². The van der Waals surface area contributed by atoms with E-state index >= 15 is 0 Å². The van der Waals surface area contributed by atoms with Crippen LogP contribution in [0.25, 0.3) is 0 Å².